The van der Waals surface area contributed by atoms with E-state index < -0.39 is 0 Å². The number of hydrogen-bond donors (Lipinski definition) is 1. The third-order valence-electron chi connectivity index (χ3n) is 5.56. The molecule has 1 N–H and O–H groups in total. The van der Waals surface area contributed by atoms with E-state index in [1.807, 2.05) is 32.8 Å². The number of nitrogens with zero attached hydrogens (tertiary/aromatic N) is 3. The van der Waals surface area contributed by atoms with E-state index >= 15 is 0 Å². The Morgan fingerprint density at radius 1 is 1.29 bits per heavy atom. The van der Waals surface area contributed by atoms with Crippen LogP contribution in [0.4, 0.5) is 5.69 Å². The molecule has 0 radical (unpaired) electrons. The van der Waals surface area contributed by atoms with Gasteiger partial charge in [0.2, 0.25) is 0 Å². The number of rotatable bonds is 6. The SMILES string of the molecule is Cc1onc(C(=O)N[C@@H](C)c2ccc(N3CCC(C)CC3)cc2)c1CN(C)C. The topological polar surface area (TPSA) is 61.6 Å². The van der Waals surface area contributed by atoms with E-state index in [1.165, 1.54) is 18.5 Å². The van der Waals surface area contributed by atoms with Crippen molar-refractivity contribution in [1.29, 1.82) is 0 Å². The highest BCUT2D eigenvalue weighted by molar-refractivity contribution is 5.94. The fourth-order valence-electron chi connectivity index (χ4n) is 3.66. The van der Waals surface area contributed by atoms with Crippen molar-refractivity contribution in [2.24, 2.45) is 5.92 Å². The summed E-state index contributed by atoms with van der Waals surface area (Å²) in [6.45, 7) is 9.01. The predicted molar refractivity (Wildman–Crippen MR) is 112 cm³/mol. The average Bonchev–Trinajstić information content (AvgIpc) is 3.02. The first-order valence-corrected chi connectivity index (χ1v) is 10.1. The molecule has 152 valence electrons. The van der Waals surface area contributed by atoms with Gasteiger partial charge in [-0.05, 0) is 64.4 Å². The van der Waals surface area contributed by atoms with E-state index in [4.69, 9.17) is 4.52 Å². The molecule has 1 amide bonds. The van der Waals surface area contributed by atoms with E-state index in [2.05, 4.69) is 46.6 Å². The van der Waals surface area contributed by atoms with Crippen molar-refractivity contribution in [3.63, 3.8) is 0 Å². The Labute approximate surface area is 167 Å². The van der Waals surface area contributed by atoms with Crippen LogP contribution in [0.2, 0.25) is 0 Å². The molecule has 0 aliphatic carbocycles. The molecule has 1 atom stereocenters. The number of carbonyl (C=O) groups is 1. The maximum atomic E-state index is 12.7. The molecule has 28 heavy (non-hydrogen) atoms. The number of hydrogen-bond acceptors (Lipinski definition) is 5. The number of aromatic nitrogens is 1. The van der Waals surface area contributed by atoms with Crippen LogP contribution in [-0.4, -0.2) is 43.1 Å². The van der Waals surface area contributed by atoms with Crippen molar-refractivity contribution in [3.05, 3.63) is 46.8 Å². The van der Waals surface area contributed by atoms with Crippen LogP contribution in [0.1, 0.15) is 60.1 Å². The maximum absolute atomic E-state index is 12.7. The summed E-state index contributed by atoms with van der Waals surface area (Å²) in [6, 6.07) is 8.42. The van der Waals surface area contributed by atoms with Crippen molar-refractivity contribution in [2.75, 3.05) is 32.1 Å². The van der Waals surface area contributed by atoms with Gasteiger partial charge in [-0.1, -0.05) is 24.2 Å². The molecular weight excluding hydrogens is 352 g/mol. The maximum Gasteiger partial charge on any atom is 0.274 e. The van der Waals surface area contributed by atoms with E-state index in [9.17, 15) is 4.79 Å². The van der Waals surface area contributed by atoms with Crippen molar-refractivity contribution in [2.45, 2.75) is 46.2 Å². The molecule has 0 unspecified atom stereocenters. The Kier molecular flexibility index (Phi) is 6.39. The van der Waals surface area contributed by atoms with E-state index in [0.29, 0.717) is 18.0 Å². The van der Waals surface area contributed by atoms with Crippen molar-refractivity contribution in [3.8, 4) is 0 Å². The minimum absolute atomic E-state index is 0.104. The van der Waals surface area contributed by atoms with Crippen molar-refractivity contribution in [1.82, 2.24) is 15.4 Å². The lowest BCUT2D eigenvalue weighted by atomic mass is 9.98. The summed E-state index contributed by atoms with van der Waals surface area (Å²) in [5.41, 5.74) is 3.55. The Bertz CT molecular complexity index is 789. The second-order valence-corrected chi connectivity index (χ2v) is 8.26. The Morgan fingerprint density at radius 3 is 2.54 bits per heavy atom. The van der Waals surface area contributed by atoms with E-state index in [-0.39, 0.29) is 11.9 Å². The highest BCUT2D eigenvalue weighted by Crippen LogP contribution is 2.25. The fourth-order valence-corrected chi connectivity index (χ4v) is 3.66. The van der Waals surface area contributed by atoms with Crippen molar-refractivity contribution >= 4 is 11.6 Å². The predicted octanol–water partition coefficient (Wildman–Crippen LogP) is 3.77. The van der Waals surface area contributed by atoms with Gasteiger partial charge in [-0.3, -0.25) is 4.79 Å². The molecule has 6 nitrogen and oxygen atoms in total. The van der Waals surface area contributed by atoms with Gasteiger partial charge in [0.05, 0.1) is 6.04 Å². The molecular formula is C22H32N4O2. The number of benzene rings is 1. The molecule has 0 saturated carbocycles. The summed E-state index contributed by atoms with van der Waals surface area (Å²) in [5.74, 6) is 1.31. The number of amides is 1. The normalized spacial score (nSPS) is 16.4. The molecule has 0 spiro atoms. The lowest BCUT2D eigenvalue weighted by molar-refractivity contribution is 0.0929. The van der Waals surface area contributed by atoms with Crippen LogP contribution >= 0.6 is 0 Å². The van der Waals surface area contributed by atoms with Crippen molar-refractivity contribution < 1.29 is 9.32 Å². The highest BCUT2D eigenvalue weighted by Gasteiger charge is 2.22. The first kappa shape index (κ1) is 20.4. The highest BCUT2D eigenvalue weighted by atomic mass is 16.5. The van der Waals surface area contributed by atoms with Crippen LogP contribution in [0.15, 0.2) is 28.8 Å². The fraction of sp³-hybridized carbons (Fsp3) is 0.545. The molecule has 2 aromatic rings. The smallest absolute Gasteiger partial charge is 0.274 e. The number of carbonyl (C=O) groups excluding carboxylic acids is 1. The van der Waals surface area contributed by atoms with Crippen LogP contribution in [0, 0.1) is 12.8 Å². The third kappa shape index (κ3) is 4.73. The van der Waals surface area contributed by atoms with Gasteiger partial charge >= 0.3 is 0 Å². The Hall–Kier alpha value is -2.34. The molecule has 1 aromatic heterocycles. The zero-order chi connectivity index (χ0) is 20.3. The number of anilines is 1. The third-order valence-corrected chi connectivity index (χ3v) is 5.56. The monoisotopic (exact) mass is 384 g/mol. The van der Waals surface area contributed by atoms with Crippen LogP contribution in [0.3, 0.4) is 0 Å². The van der Waals surface area contributed by atoms with E-state index in [1.54, 1.807) is 0 Å². The largest absolute Gasteiger partial charge is 0.372 e. The summed E-state index contributed by atoms with van der Waals surface area (Å²) in [5, 5.41) is 7.03. The number of piperidine rings is 1. The molecule has 1 saturated heterocycles. The first-order valence-electron chi connectivity index (χ1n) is 10.1. The standard InChI is InChI=1S/C22H32N4O2/c1-15-10-12-26(13-11-15)19-8-6-18(7-9-19)16(2)23-22(27)21-20(14-25(4)5)17(3)28-24-21/h6-9,15-16H,10-14H2,1-5H3,(H,23,27)/t16-/m0/s1. The summed E-state index contributed by atoms with van der Waals surface area (Å²) < 4.78 is 5.25. The second kappa shape index (κ2) is 8.78. The van der Waals surface area contributed by atoms with Gasteiger partial charge in [-0.25, -0.2) is 0 Å². The van der Waals surface area contributed by atoms with Gasteiger partial charge in [0.25, 0.3) is 5.91 Å². The molecule has 0 bridgehead atoms. The van der Waals surface area contributed by atoms with Gasteiger partial charge < -0.3 is 19.6 Å². The quantitative estimate of drug-likeness (QED) is 0.821. The van der Waals surface area contributed by atoms with Gasteiger partial charge in [0.1, 0.15) is 5.76 Å². The number of aryl methyl sites for hydroxylation is 1. The molecule has 1 aliphatic rings. The molecule has 1 fully saturated rings. The zero-order valence-corrected chi connectivity index (χ0v) is 17.7. The van der Waals surface area contributed by atoms with Gasteiger partial charge in [-0.15, -0.1) is 0 Å². The zero-order valence-electron chi connectivity index (χ0n) is 17.7. The number of nitrogens with one attached hydrogen (secondary N) is 1. The summed E-state index contributed by atoms with van der Waals surface area (Å²) in [6.07, 6.45) is 2.50. The van der Waals surface area contributed by atoms with Gasteiger partial charge in [0.15, 0.2) is 5.69 Å². The minimum atomic E-state index is -0.199. The van der Waals surface area contributed by atoms with Gasteiger partial charge in [-0.2, -0.15) is 0 Å². The second-order valence-electron chi connectivity index (χ2n) is 8.26. The van der Waals surface area contributed by atoms with Crippen LogP contribution in [0.25, 0.3) is 0 Å². The molecule has 2 heterocycles. The lowest BCUT2D eigenvalue weighted by Gasteiger charge is -2.32. The molecule has 1 aromatic carbocycles. The van der Waals surface area contributed by atoms with Gasteiger partial charge in [0, 0.05) is 30.9 Å². The Balaban J connectivity index is 1.65. The summed E-state index contributed by atoms with van der Waals surface area (Å²) in [7, 11) is 3.92. The molecule has 1 aliphatic heterocycles. The van der Waals surface area contributed by atoms with E-state index in [0.717, 1.165) is 30.1 Å². The first-order chi connectivity index (χ1) is 13.3. The summed E-state index contributed by atoms with van der Waals surface area (Å²) >= 11 is 0. The lowest BCUT2D eigenvalue weighted by Crippen LogP contribution is -2.32. The van der Waals surface area contributed by atoms with Crippen LogP contribution in [0.5, 0.6) is 0 Å². The van der Waals surface area contributed by atoms with Crippen LogP contribution < -0.4 is 10.2 Å². The Morgan fingerprint density at radius 2 is 1.93 bits per heavy atom. The summed E-state index contributed by atoms with van der Waals surface area (Å²) in [4.78, 5) is 17.2. The molecule has 6 heteroatoms. The van der Waals surface area contributed by atoms with Crippen LogP contribution in [-0.2, 0) is 6.54 Å². The minimum Gasteiger partial charge on any atom is -0.372 e. The molecule has 3 rings (SSSR count). The average molecular weight is 385 g/mol.